The molecule has 7 heteroatoms. The molecule has 1 unspecified atom stereocenters. The molecule has 0 spiro atoms. The molecule has 104 valence electrons. The van der Waals surface area contributed by atoms with Gasteiger partial charge in [-0.05, 0) is 19.1 Å². The molecule has 0 aliphatic carbocycles. The Balaban J connectivity index is 2.48. The Bertz CT molecular complexity index is 672. The quantitative estimate of drug-likeness (QED) is 0.653. The molecule has 0 bridgehead atoms. The highest BCUT2D eigenvalue weighted by atomic mass is 16.6. The van der Waals surface area contributed by atoms with Gasteiger partial charge in [-0.25, -0.2) is 0 Å². The number of pyridine rings is 1. The number of nitro benzene ring substituents is 1. The van der Waals surface area contributed by atoms with Gasteiger partial charge in [0.15, 0.2) is 0 Å². The number of anilines is 1. The summed E-state index contributed by atoms with van der Waals surface area (Å²) in [6.07, 6.45) is 3.04. The Labute approximate surface area is 115 Å². The first kappa shape index (κ1) is 13.7. The molecule has 0 aliphatic rings. The molecule has 2 rings (SSSR count). The Morgan fingerprint density at radius 3 is 2.75 bits per heavy atom. The van der Waals surface area contributed by atoms with Crippen LogP contribution >= 0.6 is 0 Å². The molecule has 0 radical (unpaired) electrons. The van der Waals surface area contributed by atoms with Crippen LogP contribution < -0.4 is 10.6 Å². The van der Waals surface area contributed by atoms with Gasteiger partial charge in [-0.15, -0.1) is 0 Å². The van der Waals surface area contributed by atoms with Gasteiger partial charge in [0, 0.05) is 36.6 Å². The van der Waals surface area contributed by atoms with Gasteiger partial charge in [0.1, 0.15) is 6.04 Å². The fourth-order valence-corrected chi connectivity index (χ4v) is 1.97. The van der Waals surface area contributed by atoms with E-state index in [0.717, 1.165) is 0 Å². The molecule has 1 heterocycles. The number of fused-ring (bicyclic) bond motifs is 1. The number of carbonyl (C=O) groups excluding carboxylic acids is 1. The van der Waals surface area contributed by atoms with Gasteiger partial charge >= 0.3 is 0 Å². The topological polar surface area (TPSA) is 97.2 Å². The maximum absolute atomic E-state index is 11.5. The lowest BCUT2D eigenvalue weighted by atomic mass is 10.1. The molecule has 0 saturated heterocycles. The van der Waals surface area contributed by atoms with Gasteiger partial charge in [-0.3, -0.25) is 19.9 Å². The predicted molar refractivity (Wildman–Crippen MR) is 75.5 cm³/mol. The van der Waals surface area contributed by atoms with Crippen LogP contribution in [0.25, 0.3) is 10.8 Å². The number of hydrogen-bond donors (Lipinski definition) is 2. The van der Waals surface area contributed by atoms with Crippen molar-refractivity contribution in [2.45, 2.75) is 13.0 Å². The fraction of sp³-hybridized carbons (Fsp3) is 0.231. The number of non-ortho nitro benzene ring substituents is 1. The van der Waals surface area contributed by atoms with Crippen molar-refractivity contribution in [3.8, 4) is 0 Å². The first-order valence-electron chi connectivity index (χ1n) is 6.04. The average molecular weight is 274 g/mol. The highest BCUT2D eigenvalue weighted by Gasteiger charge is 2.17. The zero-order valence-corrected chi connectivity index (χ0v) is 11.1. The van der Waals surface area contributed by atoms with Gasteiger partial charge in [-0.2, -0.15) is 0 Å². The fourth-order valence-electron chi connectivity index (χ4n) is 1.97. The number of carbonyl (C=O) groups is 1. The van der Waals surface area contributed by atoms with Crippen molar-refractivity contribution in [1.82, 2.24) is 10.3 Å². The third-order valence-electron chi connectivity index (χ3n) is 3.00. The molecule has 1 atom stereocenters. The van der Waals surface area contributed by atoms with Crippen LogP contribution in [0.3, 0.4) is 0 Å². The van der Waals surface area contributed by atoms with E-state index < -0.39 is 11.0 Å². The molecular weight excluding hydrogens is 260 g/mol. The Kier molecular flexibility index (Phi) is 3.79. The predicted octanol–water partition coefficient (Wildman–Crippen LogP) is 1.69. The lowest BCUT2D eigenvalue weighted by molar-refractivity contribution is -0.383. The number of aromatic nitrogens is 1. The highest BCUT2D eigenvalue weighted by molar-refractivity contribution is 6.00. The zero-order chi connectivity index (χ0) is 14.7. The smallest absolute Gasteiger partial charge is 0.277 e. The number of hydrogen-bond acceptors (Lipinski definition) is 5. The maximum atomic E-state index is 11.5. The van der Waals surface area contributed by atoms with E-state index in [0.29, 0.717) is 16.5 Å². The number of nitrogens with one attached hydrogen (secondary N) is 2. The monoisotopic (exact) mass is 274 g/mol. The van der Waals surface area contributed by atoms with Crippen molar-refractivity contribution in [2.24, 2.45) is 0 Å². The van der Waals surface area contributed by atoms with Crippen LogP contribution in [0, 0.1) is 10.1 Å². The summed E-state index contributed by atoms with van der Waals surface area (Å²) in [6.45, 7) is 1.71. The van der Waals surface area contributed by atoms with E-state index in [9.17, 15) is 14.9 Å². The number of likely N-dealkylation sites (N-methyl/N-ethyl adjacent to an activating group) is 1. The third kappa shape index (κ3) is 2.51. The highest BCUT2D eigenvalue weighted by Crippen LogP contribution is 2.30. The van der Waals surface area contributed by atoms with Crippen LogP contribution in [0.15, 0.2) is 30.6 Å². The van der Waals surface area contributed by atoms with Crippen molar-refractivity contribution in [2.75, 3.05) is 12.4 Å². The minimum Gasteiger partial charge on any atom is -0.373 e. The number of benzene rings is 1. The molecule has 0 fully saturated rings. The Morgan fingerprint density at radius 2 is 2.10 bits per heavy atom. The third-order valence-corrected chi connectivity index (χ3v) is 3.00. The normalized spacial score (nSPS) is 11.9. The zero-order valence-electron chi connectivity index (χ0n) is 11.1. The lowest BCUT2D eigenvalue weighted by Gasteiger charge is -2.15. The summed E-state index contributed by atoms with van der Waals surface area (Å²) >= 11 is 0. The van der Waals surface area contributed by atoms with Crippen molar-refractivity contribution in [1.29, 1.82) is 0 Å². The van der Waals surface area contributed by atoms with E-state index >= 15 is 0 Å². The summed E-state index contributed by atoms with van der Waals surface area (Å²) in [5.74, 6) is -0.166. The van der Waals surface area contributed by atoms with Gasteiger partial charge in [0.2, 0.25) is 5.91 Å². The van der Waals surface area contributed by atoms with Crippen molar-refractivity contribution in [3.63, 3.8) is 0 Å². The second-order valence-corrected chi connectivity index (χ2v) is 4.29. The number of nitro groups is 1. The van der Waals surface area contributed by atoms with Gasteiger partial charge in [-0.1, -0.05) is 0 Å². The van der Waals surface area contributed by atoms with E-state index in [1.165, 1.54) is 12.3 Å². The van der Waals surface area contributed by atoms with Crippen molar-refractivity contribution in [3.05, 3.63) is 40.7 Å². The molecule has 7 nitrogen and oxygen atoms in total. The standard InChI is InChI=1S/C13H14N4O3/c1-8(13(18)14-2)16-11-3-4-12(17(19)20)9-5-6-15-7-10(9)11/h3-8,16H,1-2H3,(H,14,18). The van der Waals surface area contributed by atoms with E-state index in [1.807, 2.05) is 0 Å². The second kappa shape index (κ2) is 5.52. The van der Waals surface area contributed by atoms with Crippen LogP contribution in [0.5, 0.6) is 0 Å². The molecule has 0 aliphatic heterocycles. The van der Waals surface area contributed by atoms with E-state index in [4.69, 9.17) is 0 Å². The van der Waals surface area contributed by atoms with Crippen LogP contribution in [0.2, 0.25) is 0 Å². The number of nitrogens with zero attached hydrogens (tertiary/aromatic N) is 2. The summed E-state index contributed by atoms with van der Waals surface area (Å²) < 4.78 is 0. The Morgan fingerprint density at radius 1 is 1.35 bits per heavy atom. The average Bonchev–Trinajstić information content (AvgIpc) is 2.46. The van der Waals surface area contributed by atoms with E-state index in [1.54, 1.807) is 32.3 Å². The van der Waals surface area contributed by atoms with E-state index in [2.05, 4.69) is 15.6 Å². The molecule has 1 amide bonds. The van der Waals surface area contributed by atoms with Gasteiger partial charge in [0.25, 0.3) is 5.69 Å². The minimum atomic E-state index is -0.454. The first-order chi connectivity index (χ1) is 9.54. The summed E-state index contributed by atoms with van der Waals surface area (Å²) in [7, 11) is 1.55. The van der Waals surface area contributed by atoms with Gasteiger partial charge < -0.3 is 10.6 Å². The molecule has 20 heavy (non-hydrogen) atoms. The lowest BCUT2D eigenvalue weighted by Crippen LogP contribution is -2.35. The minimum absolute atomic E-state index is 0.0144. The Hall–Kier alpha value is -2.70. The van der Waals surface area contributed by atoms with Crippen molar-refractivity contribution >= 4 is 28.1 Å². The number of amides is 1. The molecule has 2 N–H and O–H groups in total. The summed E-state index contributed by atoms with van der Waals surface area (Å²) in [4.78, 5) is 26.1. The van der Waals surface area contributed by atoms with Gasteiger partial charge in [0.05, 0.1) is 10.3 Å². The van der Waals surface area contributed by atoms with Crippen molar-refractivity contribution < 1.29 is 9.72 Å². The SMILES string of the molecule is CNC(=O)C(C)Nc1ccc([N+](=O)[O-])c2ccncc12. The van der Waals surface area contributed by atoms with Crippen LogP contribution in [0.4, 0.5) is 11.4 Å². The second-order valence-electron chi connectivity index (χ2n) is 4.29. The summed E-state index contributed by atoms with van der Waals surface area (Å²) in [5, 5.41) is 17.7. The maximum Gasteiger partial charge on any atom is 0.277 e. The summed E-state index contributed by atoms with van der Waals surface area (Å²) in [5.41, 5.74) is 0.648. The number of rotatable bonds is 4. The van der Waals surface area contributed by atoms with Crippen LogP contribution in [0.1, 0.15) is 6.92 Å². The van der Waals surface area contributed by atoms with Crippen LogP contribution in [-0.2, 0) is 4.79 Å². The molecular formula is C13H14N4O3. The first-order valence-corrected chi connectivity index (χ1v) is 6.04. The molecule has 2 aromatic rings. The molecule has 0 saturated carbocycles. The largest absolute Gasteiger partial charge is 0.373 e. The van der Waals surface area contributed by atoms with Crippen LogP contribution in [-0.4, -0.2) is 28.9 Å². The summed E-state index contributed by atoms with van der Waals surface area (Å²) in [6, 6.07) is 4.14. The van der Waals surface area contributed by atoms with E-state index in [-0.39, 0.29) is 11.6 Å². The molecule has 1 aromatic carbocycles. The molecule has 1 aromatic heterocycles.